The van der Waals surface area contributed by atoms with Crippen molar-refractivity contribution in [1.82, 2.24) is 4.90 Å². The summed E-state index contributed by atoms with van der Waals surface area (Å²) >= 11 is 6.47. The van der Waals surface area contributed by atoms with Crippen molar-refractivity contribution in [1.29, 1.82) is 0 Å². The van der Waals surface area contributed by atoms with E-state index in [1.54, 1.807) is 7.05 Å². The zero-order valence-electron chi connectivity index (χ0n) is 17.1. The van der Waals surface area contributed by atoms with Gasteiger partial charge in [-0.15, -0.1) is 0 Å². The lowest BCUT2D eigenvalue weighted by atomic mass is 10.0. The number of rotatable bonds is 7. The number of thioether (sulfide) groups is 1. The van der Waals surface area contributed by atoms with Gasteiger partial charge in [-0.05, 0) is 53.8 Å². The van der Waals surface area contributed by atoms with Gasteiger partial charge in [-0.25, -0.2) is 0 Å². The van der Waals surface area contributed by atoms with E-state index in [4.69, 9.17) is 21.7 Å². The van der Waals surface area contributed by atoms with Crippen LogP contribution in [0.5, 0.6) is 11.5 Å². The first-order valence-corrected chi connectivity index (χ1v) is 10.8. The second-order valence-corrected chi connectivity index (χ2v) is 8.88. The fourth-order valence-electron chi connectivity index (χ4n) is 2.91. The molecule has 1 fully saturated rings. The highest BCUT2D eigenvalue weighted by Crippen LogP contribution is 2.31. The number of benzene rings is 2. The van der Waals surface area contributed by atoms with Crippen molar-refractivity contribution < 1.29 is 14.3 Å². The van der Waals surface area contributed by atoms with Crippen molar-refractivity contribution >= 4 is 40.3 Å². The quantitative estimate of drug-likeness (QED) is 0.336. The van der Waals surface area contributed by atoms with E-state index < -0.39 is 0 Å². The third-order valence-corrected chi connectivity index (χ3v) is 6.05. The van der Waals surface area contributed by atoms with Crippen LogP contribution in [-0.4, -0.2) is 35.4 Å². The molecule has 1 aliphatic heterocycles. The number of hydrogen-bond acceptors (Lipinski definition) is 5. The molecule has 1 aliphatic rings. The number of amides is 1. The van der Waals surface area contributed by atoms with Crippen LogP contribution in [0.15, 0.2) is 47.4 Å². The molecule has 1 heterocycles. The largest absolute Gasteiger partial charge is 0.490 e. The van der Waals surface area contributed by atoms with Gasteiger partial charge in [0.25, 0.3) is 5.91 Å². The molecular formula is C23H25NO3S2. The molecule has 0 spiro atoms. The normalized spacial score (nSPS) is 15.5. The predicted octanol–water partition coefficient (Wildman–Crippen LogP) is 5.41. The minimum Gasteiger partial charge on any atom is -0.490 e. The molecule has 4 nitrogen and oxygen atoms in total. The van der Waals surface area contributed by atoms with Gasteiger partial charge in [0.15, 0.2) is 0 Å². The highest BCUT2D eigenvalue weighted by molar-refractivity contribution is 8.26. The van der Waals surface area contributed by atoms with Crippen LogP contribution in [0.2, 0.25) is 0 Å². The van der Waals surface area contributed by atoms with Gasteiger partial charge >= 0.3 is 0 Å². The number of likely N-dealkylation sites (N-methyl/N-ethyl adjacent to an activating group) is 1. The molecule has 0 saturated carbocycles. The minimum atomic E-state index is -0.0607. The Labute approximate surface area is 181 Å². The van der Waals surface area contributed by atoms with Crippen LogP contribution >= 0.6 is 24.0 Å². The van der Waals surface area contributed by atoms with Gasteiger partial charge in [-0.3, -0.25) is 9.69 Å². The van der Waals surface area contributed by atoms with E-state index in [0.717, 1.165) is 17.1 Å². The average molecular weight is 428 g/mol. The Morgan fingerprint density at radius 3 is 2.41 bits per heavy atom. The molecule has 0 bridgehead atoms. The van der Waals surface area contributed by atoms with E-state index in [-0.39, 0.29) is 5.91 Å². The number of carbonyl (C=O) groups is 1. The van der Waals surface area contributed by atoms with Gasteiger partial charge in [-0.1, -0.05) is 62.1 Å². The molecule has 3 rings (SSSR count). The zero-order valence-corrected chi connectivity index (χ0v) is 18.7. The van der Waals surface area contributed by atoms with Crippen molar-refractivity contribution in [2.45, 2.75) is 26.7 Å². The third-order valence-electron chi connectivity index (χ3n) is 4.57. The minimum absolute atomic E-state index is 0.0607. The summed E-state index contributed by atoms with van der Waals surface area (Å²) in [5, 5.41) is 0. The van der Waals surface area contributed by atoms with Crippen LogP contribution in [0.3, 0.4) is 0 Å². The number of ether oxygens (including phenoxy) is 2. The highest BCUT2D eigenvalue weighted by Gasteiger charge is 2.28. The molecule has 0 aromatic heterocycles. The van der Waals surface area contributed by atoms with Gasteiger partial charge in [0.2, 0.25) is 0 Å². The van der Waals surface area contributed by atoms with Crippen molar-refractivity contribution in [2.75, 3.05) is 20.3 Å². The molecule has 0 radical (unpaired) electrons. The van der Waals surface area contributed by atoms with Gasteiger partial charge < -0.3 is 9.47 Å². The Bertz CT molecular complexity index is 936. The van der Waals surface area contributed by atoms with Crippen LogP contribution in [-0.2, 0) is 4.79 Å². The van der Waals surface area contributed by atoms with Crippen LogP contribution in [0, 0.1) is 6.92 Å². The van der Waals surface area contributed by atoms with E-state index in [2.05, 4.69) is 39.0 Å². The molecule has 29 heavy (non-hydrogen) atoms. The van der Waals surface area contributed by atoms with Crippen LogP contribution in [0.1, 0.15) is 36.5 Å². The molecule has 0 aliphatic carbocycles. The lowest BCUT2D eigenvalue weighted by molar-refractivity contribution is -0.121. The first-order chi connectivity index (χ1) is 13.8. The predicted molar refractivity (Wildman–Crippen MR) is 124 cm³/mol. The molecule has 0 N–H and O–H groups in total. The van der Waals surface area contributed by atoms with Crippen molar-refractivity contribution in [3.8, 4) is 11.5 Å². The van der Waals surface area contributed by atoms with E-state index in [1.165, 1.54) is 27.8 Å². The maximum Gasteiger partial charge on any atom is 0.265 e. The monoisotopic (exact) mass is 427 g/mol. The first kappa shape index (κ1) is 21.4. The summed E-state index contributed by atoms with van der Waals surface area (Å²) < 4.78 is 12.3. The second kappa shape index (κ2) is 9.46. The van der Waals surface area contributed by atoms with Gasteiger partial charge in [0.1, 0.15) is 29.0 Å². The van der Waals surface area contributed by atoms with E-state index in [0.29, 0.717) is 28.4 Å². The molecule has 6 heteroatoms. The molecule has 1 amide bonds. The lowest BCUT2D eigenvalue weighted by Crippen LogP contribution is -2.22. The summed E-state index contributed by atoms with van der Waals surface area (Å²) in [7, 11) is 1.69. The number of aryl methyl sites for hydroxylation is 1. The van der Waals surface area contributed by atoms with Crippen LogP contribution in [0.4, 0.5) is 0 Å². The molecule has 2 aromatic carbocycles. The molecule has 0 atom stereocenters. The van der Waals surface area contributed by atoms with Gasteiger partial charge in [-0.2, -0.15) is 0 Å². The Balaban J connectivity index is 1.53. The lowest BCUT2D eigenvalue weighted by Gasteiger charge is -2.15. The maximum atomic E-state index is 12.1. The number of thiocarbonyl (C=S) groups is 1. The van der Waals surface area contributed by atoms with E-state index in [1.807, 2.05) is 30.3 Å². The Morgan fingerprint density at radius 2 is 1.79 bits per heavy atom. The summed E-state index contributed by atoms with van der Waals surface area (Å²) in [4.78, 5) is 14.2. The highest BCUT2D eigenvalue weighted by atomic mass is 32.2. The summed E-state index contributed by atoms with van der Waals surface area (Å²) in [5.41, 5.74) is 3.32. The van der Waals surface area contributed by atoms with Crippen LogP contribution < -0.4 is 9.47 Å². The molecular weight excluding hydrogens is 402 g/mol. The van der Waals surface area contributed by atoms with Gasteiger partial charge in [0.05, 0.1) is 4.91 Å². The summed E-state index contributed by atoms with van der Waals surface area (Å²) in [6.45, 7) is 7.32. The molecule has 152 valence electrons. The summed E-state index contributed by atoms with van der Waals surface area (Å²) in [5.74, 6) is 2.04. The Morgan fingerprint density at radius 1 is 1.10 bits per heavy atom. The molecule has 2 aromatic rings. The number of hydrogen-bond donors (Lipinski definition) is 0. The standard InChI is InChI=1S/C23H25NO3S2/c1-15(2)19-10-5-16(3)13-20(19)27-12-11-26-18-8-6-17(7-9-18)14-21-22(25)24(4)23(28)29-21/h5-10,13-15H,11-12H2,1-4H3. The van der Waals surface area contributed by atoms with E-state index in [9.17, 15) is 4.79 Å². The fraction of sp³-hybridized carbons (Fsp3) is 0.304. The summed E-state index contributed by atoms with van der Waals surface area (Å²) in [6, 6.07) is 13.9. The van der Waals surface area contributed by atoms with Crippen molar-refractivity contribution in [3.05, 3.63) is 64.1 Å². The third kappa shape index (κ3) is 5.40. The average Bonchev–Trinajstić information content (AvgIpc) is 2.93. The number of nitrogens with zero attached hydrogens (tertiary/aromatic N) is 1. The van der Waals surface area contributed by atoms with E-state index >= 15 is 0 Å². The topological polar surface area (TPSA) is 38.8 Å². The smallest absolute Gasteiger partial charge is 0.265 e. The Hall–Kier alpha value is -2.31. The van der Waals surface area contributed by atoms with Crippen LogP contribution in [0.25, 0.3) is 6.08 Å². The maximum absolute atomic E-state index is 12.1. The zero-order chi connectivity index (χ0) is 21.0. The summed E-state index contributed by atoms with van der Waals surface area (Å²) in [6.07, 6.45) is 1.85. The van der Waals surface area contributed by atoms with Crippen molar-refractivity contribution in [2.24, 2.45) is 0 Å². The number of carbonyl (C=O) groups excluding carboxylic acids is 1. The second-order valence-electron chi connectivity index (χ2n) is 7.20. The molecule has 1 saturated heterocycles. The molecule has 0 unspecified atom stereocenters. The Kier molecular flexibility index (Phi) is 6.98. The fourth-order valence-corrected chi connectivity index (χ4v) is 4.09. The first-order valence-electron chi connectivity index (χ1n) is 9.53. The SMILES string of the molecule is Cc1ccc(C(C)C)c(OCCOc2ccc(C=C3SC(=S)N(C)C3=O)cc2)c1. The van der Waals surface area contributed by atoms with Crippen molar-refractivity contribution in [3.63, 3.8) is 0 Å². The van der Waals surface area contributed by atoms with Gasteiger partial charge in [0, 0.05) is 7.05 Å².